The van der Waals surface area contributed by atoms with Crippen LogP contribution >= 0.6 is 12.2 Å². The smallest absolute Gasteiger partial charge is 0.241 e. The Bertz CT molecular complexity index is 509. The van der Waals surface area contributed by atoms with Crippen LogP contribution in [0, 0.1) is 0 Å². The number of sulfonamides is 1. The molecule has 0 amide bonds. The standard InChI is InChI=1S/C12H18N2O2S2/c1-3-4-10-5-7-11(8-6-10)18(15,16)14-9(2)12(13)17/h5-9,14H,3-4H2,1-2H3,(H2,13,17). The quantitative estimate of drug-likeness (QED) is 0.779. The number of rotatable bonds is 6. The lowest BCUT2D eigenvalue weighted by Crippen LogP contribution is -2.41. The first-order chi connectivity index (χ1) is 8.36. The number of hydrogen-bond acceptors (Lipinski definition) is 3. The molecule has 1 aromatic rings. The Morgan fingerprint density at radius 3 is 2.39 bits per heavy atom. The lowest BCUT2D eigenvalue weighted by atomic mass is 10.1. The highest BCUT2D eigenvalue weighted by Gasteiger charge is 2.18. The van der Waals surface area contributed by atoms with Crippen LogP contribution in [0.5, 0.6) is 0 Å². The molecular weight excluding hydrogens is 268 g/mol. The molecule has 0 aliphatic carbocycles. The van der Waals surface area contributed by atoms with Gasteiger partial charge >= 0.3 is 0 Å². The van der Waals surface area contributed by atoms with Crippen LogP contribution in [-0.4, -0.2) is 19.4 Å². The van der Waals surface area contributed by atoms with E-state index in [1.54, 1.807) is 19.1 Å². The minimum absolute atomic E-state index is 0.126. The fourth-order valence-electron chi connectivity index (χ4n) is 1.48. The molecule has 1 rings (SSSR count). The van der Waals surface area contributed by atoms with Crippen molar-refractivity contribution in [3.8, 4) is 0 Å². The second-order valence-corrected chi connectivity index (χ2v) is 6.32. The maximum Gasteiger partial charge on any atom is 0.241 e. The maximum atomic E-state index is 12.0. The predicted molar refractivity (Wildman–Crippen MR) is 77.0 cm³/mol. The van der Waals surface area contributed by atoms with E-state index < -0.39 is 16.1 Å². The predicted octanol–water partition coefficient (Wildman–Crippen LogP) is 1.59. The van der Waals surface area contributed by atoms with Crippen molar-refractivity contribution in [1.82, 2.24) is 4.72 Å². The summed E-state index contributed by atoms with van der Waals surface area (Å²) in [6, 6.07) is 6.28. The number of nitrogens with two attached hydrogens (primary N) is 1. The van der Waals surface area contributed by atoms with Crippen LogP contribution in [0.25, 0.3) is 0 Å². The summed E-state index contributed by atoms with van der Waals surface area (Å²) in [6.07, 6.45) is 1.97. The van der Waals surface area contributed by atoms with E-state index in [4.69, 9.17) is 18.0 Å². The molecule has 1 aromatic carbocycles. The lowest BCUT2D eigenvalue weighted by molar-refractivity contribution is 0.579. The number of hydrogen-bond donors (Lipinski definition) is 2. The van der Waals surface area contributed by atoms with Crippen molar-refractivity contribution in [2.75, 3.05) is 0 Å². The summed E-state index contributed by atoms with van der Waals surface area (Å²) < 4.78 is 26.4. The summed E-state index contributed by atoms with van der Waals surface area (Å²) in [5.74, 6) is 0. The molecule has 6 heteroatoms. The molecule has 0 aliphatic rings. The van der Waals surface area contributed by atoms with Gasteiger partial charge in [0.2, 0.25) is 10.0 Å². The minimum atomic E-state index is -3.55. The second-order valence-electron chi connectivity index (χ2n) is 4.14. The highest BCUT2D eigenvalue weighted by atomic mass is 32.2. The van der Waals surface area contributed by atoms with E-state index in [2.05, 4.69) is 11.6 Å². The first-order valence-electron chi connectivity index (χ1n) is 5.77. The van der Waals surface area contributed by atoms with E-state index in [0.29, 0.717) is 0 Å². The van der Waals surface area contributed by atoms with Gasteiger partial charge in [-0.2, -0.15) is 0 Å². The molecule has 0 radical (unpaired) electrons. The van der Waals surface area contributed by atoms with Crippen LogP contribution in [0.4, 0.5) is 0 Å². The summed E-state index contributed by atoms with van der Waals surface area (Å²) in [6.45, 7) is 3.70. The molecule has 1 atom stereocenters. The Labute approximate surface area is 114 Å². The van der Waals surface area contributed by atoms with Crippen molar-refractivity contribution >= 4 is 27.2 Å². The van der Waals surface area contributed by atoms with E-state index >= 15 is 0 Å². The van der Waals surface area contributed by atoms with Crippen molar-refractivity contribution in [2.45, 2.75) is 37.6 Å². The topological polar surface area (TPSA) is 72.2 Å². The molecule has 3 N–H and O–H groups in total. The van der Waals surface area contributed by atoms with Crippen molar-refractivity contribution in [1.29, 1.82) is 0 Å². The van der Waals surface area contributed by atoms with E-state index in [0.717, 1.165) is 18.4 Å². The summed E-state index contributed by atoms with van der Waals surface area (Å²) in [5, 5.41) is 0. The average molecular weight is 286 g/mol. The van der Waals surface area contributed by atoms with E-state index in [1.165, 1.54) is 0 Å². The molecule has 100 valence electrons. The molecule has 0 bridgehead atoms. The van der Waals surface area contributed by atoms with Crippen molar-refractivity contribution in [3.05, 3.63) is 29.8 Å². The van der Waals surface area contributed by atoms with E-state index in [9.17, 15) is 8.42 Å². The third kappa shape index (κ3) is 4.04. The average Bonchev–Trinajstić information content (AvgIpc) is 2.29. The van der Waals surface area contributed by atoms with Gasteiger partial charge in [-0.3, -0.25) is 0 Å². The molecule has 4 nitrogen and oxygen atoms in total. The van der Waals surface area contributed by atoms with Gasteiger partial charge in [-0.15, -0.1) is 0 Å². The Kier molecular flexibility index (Phi) is 5.25. The molecule has 1 unspecified atom stereocenters. The lowest BCUT2D eigenvalue weighted by Gasteiger charge is -2.12. The molecule has 0 aromatic heterocycles. The normalized spacial score (nSPS) is 13.2. The van der Waals surface area contributed by atoms with Gasteiger partial charge in [0.15, 0.2) is 0 Å². The summed E-state index contributed by atoms with van der Waals surface area (Å²) in [5.41, 5.74) is 6.51. The monoisotopic (exact) mass is 286 g/mol. The number of nitrogens with one attached hydrogen (secondary N) is 1. The second kappa shape index (κ2) is 6.26. The first-order valence-corrected chi connectivity index (χ1v) is 7.66. The summed E-state index contributed by atoms with van der Waals surface area (Å²) >= 11 is 4.74. The Morgan fingerprint density at radius 2 is 1.94 bits per heavy atom. The Morgan fingerprint density at radius 1 is 1.39 bits per heavy atom. The number of benzene rings is 1. The van der Waals surface area contributed by atoms with Gasteiger partial charge < -0.3 is 5.73 Å². The van der Waals surface area contributed by atoms with Gasteiger partial charge in [0.25, 0.3) is 0 Å². The molecular formula is C12H18N2O2S2. The zero-order valence-electron chi connectivity index (χ0n) is 10.5. The highest BCUT2D eigenvalue weighted by Crippen LogP contribution is 2.12. The molecule has 0 heterocycles. The van der Waals surface area contributed by atoms with Crippen LogP contribution in [0.1, 0.15) is 25.8 Å². The van der Waals surface area contributed by atoms with Gasteiger partial charge in [0.1, 0.15) is 0 Å². The van der Waals surface area contributed by atoms with Gasteiger partial charge in [0.05, 0.1) is 15.9 Å². The van der Waals surface area contributed by atoms with Gasteiger partial charge in [-0.05, 0) is 31.0 Å². The summed E-state index contributed by atoms with van der Waals surface area (Å²) in [7, 11) is -3.55. The van der Waals surface area contributed by atoms with Crippen LogP contribution in [-0.2, 0) is 16.4 Å². The fourth-order valence-corrected chi connectivity index (χ4v) is 2.84. The number of thiocarbonyl (C=S) groups is 1. The third-order valence-electron chi connectivity index (χ3n) is 2.53. The zero-order chi connectivity index (χ0) is 13.8. The molecule has 18 heavy (non-hydrogen) atoms. The van der Waals surface area contributed by atoms with Gasteiger partial charge in [-0.1, -0.05) is 37.7 Å². The minimum Gasteiger partial charge on any atom is -0.392 e. The van der Waals surface area contributed by atoms with Gasteiger partial charge in [0, 0.05) is 0 Å². The van der Waals surface area contributed by atoms with Crippen molar-refractivity contribution in [2.24, 2.45) is 5.73 Å². The molecule has 0 fully saturated rings. The van der Waals surface area contributed by atoms with Crippen LogP contribution < -0.4 is 10.5 Å². The third-order valence-corrected chi connectivity index (χ3v) is 4.44. The van der Waals surface area contributed by atoms with Crippen molar-refractivity contribution in [3.63, 3.8) is 0 Å². The van der Waals surface area contributed by atoms with Crippen molar-refractivity contribution < 1.29 is 8.42 Å². The van der Waals surface area contributed by atoms with Gasteiger partial charge in [-0.25, -0.2) is 13.1 Å². The SMILES string of the molecule is CCCc1ccc(S(=O)(=O)NC(C)C(N)=S)cc1. The van der Waals surface area contributed by atoms with Crippen LogP contribution in [0.2, 0.25) is 0 Å². The zero-order valence-corrected chi connectivity index (χ0v) is 12.1. The Balaban J connectivity index is 2.88. The van der Waals surface area contributed by atoms with Crippen LogP contribution in [0.3, 0.4) is 0 Å². The number of aryl methyl sites for hydroxylation is 1. The molecule has 0 spiro atoms. The molecule has 0 saturated carbocycles. The molecule has 0 aliphatic heterocycles. The van der Waals surface area contributed by atoms with E-state index in [1.807, 2.05) is 12.1 Å². The summed E-state index contributed by atoms with van der Waals surface area (Å²) in [4.78, 5) is 0.353. The molecule has 0 saturated heterocycles. The first kappa shape index (κ1) is 15.1. The van der Waals surface area contributed by atoms with Crippen LogP contribution in [0.15, 0.2) is 29.2 Å². The fraction of sp³-hybridized carbons (Fsp3) is 0.417. The largest absolute Gasteiger partial charge is 0.392 e. The van der Waals surface area contributed by atoms with E-state index in [-0.39, 0.29) is 9.88 Å². The Hall–Kier alpha value is -0.980. The maximum absolute atomic E-state index is 12.0. The highest BCUT2D eigenvalue weighted by molar-refractivity contribution is 7.89.